The molecule has 6 nitrogen and oxygen atoms in total. The van der Waals surface area contributed by atoms with Gasteiger partial charge in [-0.25, -0.2) is 0 Å². The molecule has 0 heterocycles. The number of hydrogen-bond donors (Lipinski definition) is 0. The molecule has 0 radical (unpaired) electrons. The Balaban J connectivity index is 4.25. The Morgan fingerprint density at radius 2 is 0.667 bits per heavy atom. The van der Waals surface area contributed by atoms with Crippen LogP contribution >= 0.6 is 0 Å². The first kappa shape index (κ1) is 51.6. The van der Waals surface area contributed by atoms with Gasteiger partial charge in [0.2, 0.25) is 0 Å². The first-order valence-corrected chi connectivity index (χ1v) is 23.0. The number of unbranched alkanes of at least 4 members (excludes halogenated alkanes) is 24. The van der Waals surface area contributed by atoms with Crippen LogP contribution in [0.1, 0.15) is 233 Å². The molecule has 0 aliphatic rings. The Morgan fingerprint density at radius 1 is 0.370 bits per heavy atom. The summed E-state index contributed by atoms with van der Waals surface area (Å²) < 4.78 is 16.6. The predicted molar refractivity (Wildman–Crippen MR) is 229 cm³/mol. The average molecular weight is 759 g/mol. The van der Waals surface area contributed by atoms with Crippen LogP contribution in [-0.2, 0) is 28.6 Å². The van der Waals surface area contributed by atoms with E-state index in [1.165, 1.54) is 96.3 Å². The second-order valence-corrected chi connectivity index (χ2v) is 15.3. The van der Waals surface area contributed by atoms with E-state index in [9.17, 15) is 14.4 Å². The highest BCUT2D eigenvalue weighted by Crippen LogP contribution is 2.13. The fourth-order valence-corrected chi connectivity index (χ4v) is 6.35. The molecule has 0 spiro atoms. The summed E-state index contributed by atoms with van der Waals surface area (Å²) in [5.74, 6) is -0.915. The van der Waals surface area contributed by atoms with Crippen LogP contribution in [0.15, 0.2) is 36.5 Å². The normalized spacial score (nSPS) is 12.3. The molecular weight excluding hydrogens is 673 g/mol. The van der Waals surface area contributed by atoms with Gasteiger partial charge in [0, 0.05) is 19.3 Å². The van der Waals surface area contributed by atoms with Gasteiger partial charge < -0.3 is 14.2 Å². The van der Waals surface area contributed by atoms with Gasteiger partial charge in [-0.05, 0) is 77.0 Å². The smallest absolute Gasteiger partial charge is 0.306 e. The van der Waals surface area contributed by atoms with Crippen LogP contribution < -0.4 is 0 Å². The van der Waals surface area contributed by atoms with Crippen LogP contribution in [-0.4, -0.2) is 37.2 Å². The summed E-state index contributed by atoms with van der Waals surface area (Å²) in [6.45, 7) is 6.50. The van der Waals surface area contributed by atoms with Crippen molar-refractivity contribution < 1.29 is 28.6 Å². The molecule has 314 valence electrons. The predicted octanol–water partition coefficient (Wildman–Crippen LogP) is 14.6. The van der Waals surface area contributed by atoms with E-state index in [1.54, 1.807) is 0 Å². The third-order valence-corrected chi connectivity index (χ3v) is 9.87. The Morgan fingerprint density at radius 3 is 1.07 bits per heavy atom. The minimum Gasteiger partial charge on any atom is -0.462 e. The summed E-state index contributed by atoms with van der Waals surface area (Å²) in [7, 11) is 0. The van der Waals surface area contributed by atoms with E-state index in [4.69, 9.17) is 14.2 Å². The van der Waals surface area contributed by atoms with Crippen LogP contribution in [0.3, 0.4) is 0 Å². The summed E-state index contributed by atoms with van der Waals surface area (Å²) in [4.78, 5) is 37.5. The standard InChI is InChI=1S/C48H86O6/c1-4-7-10-13-15-17-19-21-23-25-26-28-30-32-35-38-41-47(50)53-44-45(43-52-46(49)40-37-34-12-9-6-3)54-48(51)42-39-36-33-31-29-27-24-22-20-18-16-14-11-8-5-2/h16,18,22-25,45H,4-15,17,19-21,26-44H2,1-3H3/b18-16-,24-22-,25-23-. The van der Waals surface area contributed by atoms with E-state index in [-0.39, 0.29) is 31.1 Å². The molecule has 0 aromatic carbocycles. The zero-order valence-electron chi connectivity index (χ0n) is 35.7. The van der Waals surface area contributed by atoms with E-state index < -0.39 is 6.10 Å². The van der Waals surface area contributed by atoms with Crippen molar-refractivity contribution in [2.45, 2.75) is 239 Å². The lowest BCUT2D eigenvalue weighted by molar-refractivity contribution is -0.167. The van der Waals surface area contributed by atoms with Gasteiger partial charge >= 0.3 is 17.9 Å². The molecule has 6 heteroatoms. The summed E-state index contributed by atoms with van der Waals surface area (Å²) >= 11 is 0. The SMILES string of the molecule is CCCCC/C=C\C/C=C\CCCCCCCC(=O)OC(COC(=O)CCCCCCC)COC(=O)CCCCCCC/C=C\CCCCCCCCC. The highest BCUT2D eigenvalue weighted by molar-refractivity contribution is 5.71. The third-order valence-electron chi connectivity index (χ3n) is 9.87. The molecule has 0 saturated carbocycles. The van der Waals surface area contributed by atoms with Gasteiger partial charge in [-0.3, -0.25) is 14.4 Å². The Labute approximate surface area is 334 Å². The minimum absolute atomic E-state index is 0.0809. The van der Waals surface area contributed by atoms with Gasteiger partial charge in [-0.2, -0.15) is 0 Å². The Hall–Kier alpha value is -2.37. The topological polar surface area (TPSA) is 78.9 Å². The van der Waals surface area contributed by atoms with Crippen molar-refractivity contribution in [3.8, 4) is 0 Å². The largest absolute Gasteiger partial charge is 0.462 e. The molecule has 0 amide bonds. The summed E-state index contributed by atoms with van der Waals surface area (Å²) in [5, 5.41) is 0. The van der Waals surface area contributed by atoms with Crippen LogP contribution in [0.2, 0.25) is 0 Å². The fraction of sp³-hybridized carbons (Fsp3) is 0.812. The van der Waals surface area contributed by atoms with Crippen molar-refractivity contribution in [2.75, 3.05) is 13.2 Å². The van der Waals surface area contributed by atoms with Crippen molar-refractivity contribution in [3.63, 3.8) is 0 Å². The molecule has 0 rings (SSSR count). The molecule has 0 N–H and O–H groups in total. The van der Waals surface area contributed by atoms with Gasteiger partial charge in [-0.1, -0.05) is 173 Å². The molecule has 0 saturated heterocycles. The summed E-state index contributed by atoms with van der Waals surface area (Å²) in [6, 6.07) is 0. The van der Waals surface area contributed by atoms with Gasteiger partial charge in [0.15, 0.2) is 6.10 Å². The molecule has 0 aliphatic heterocycles. The number of carbonyl (C=O) groups excluding carboxylic acids is 3. The molecule has 54 heavy (non-hydrogen) atoms. The van der Waals surface area contributed by atoms with Gasteiger partial charge in [0.25, 0.3) is 0 Å². The molecule has 0 aliphatic carbocycles. The molecule has 0 bridgehead atoms. The summed E-state index contributed by atoms with van der Waals surface area (Å²) in [5.41, 5.74) is 0. The highest BCUT2D eigenvalue weighted by atomic mass is 16.6. The first-order chi connectivity index (χ1) is 26.5. The zero-order valence-corrected chi connectivity index (χ0v) is 35.7. The molecule has 0 aromatic rings. The van der Waals surface area contributed by atoms with Crippen molar-refractivity contribution in [1.82, 2.24) is 0 Å². The number of allylic oxidation sites excluding steroid dienone is 6. The zero-order chi connectivity index (χ0) is 39.4. The fourth-order valence-electron chi connectivity index (χ4n) is 6.35. The first-order valence-electron chi connectivity index (χ1n) is 23.0. The maximum atomic E-state index is 12.7. The molecule has 1 atom stereocenters. The van der Waals surface area contributed by atoms with Crippen molar-refractivity contribution in [2.24, 2.45) is 0 Å². The lowest BCUT2D eigenvalue weighted by atomic mass is 10.1. The van der Waals surface area contributed by atoms with E-state index >= 15 is 0 Å². The molecule has 1 unspecified atom stereocenters. The third kappa shape index (κ3) is 40.8. The average Bonchev–Trinajstić information content (AvgIpc) is 3.17. The van der Waals surface area contributed by atoms with Crippen LogP contribution in [0.5, 0.6) is 0 Å². The number of hydrogen-bond acceptors (Lipinski definition) is 6. The molecular formula is C48H86O6. The quantitative estimate of drug-likeness (QED) is 0.0267. The number of rotatable bonds is 41. The van der Waals surface area contributed by atoms with E-state index in [1.807, 2.05) is 0 Å². The van der Waals surface area contributed by atoms with E-state index in [2.05, 4.69) is 57.2 Å². The van der Waals surface area contributed by atoms with Crippen molar-refractivity contribution in [1.29, 1.82) is 0 Å². The maximum absolute atomic E-state index is 12.7. The molecule has 0 fully saturated rings. The maximum Gasteiger partial charge on any atom is 0.306 e. The minimum atomic E-state index is -0.776. The van der Waals surface area contributed by atoms with Crippen molar-refractivity contribution >= 4 is 17.9 Å². The van der Waals surface area contributed by atoms with Gasteiger partial charge in [0.05, 0.1) is 0 Å². The lowest BCUT2D eigenvalue weighted by Crippen LogP contribution is -2.30. The Kier molecular flexibility index (Phi) is 41.5. The van der Waals surface area contributed by atoms with Gasteiger partial charge in [0.1, 0.15) is 13.2 Å². The van der Waals surface area contributed by atoms with Gasteiger partial charge in [-0.15, -0.1) is 0 Å². The van der Waals surface area contributed by atoms with E-state index in [0.29, 0.717) is 19.3 Å². The van der Waals surface area contributed by atoms with Crippen LogP contribution in [0.4, 0.5) is 0 Å². The number of carbonyl (C=O) groups is 3. The van der Waals surface area contributed by atoms with E-state index in [0.717, 1.165) is 96.3 Å². The van der Waals surface area contributed by atoms with Crippen molar-refractivity contribution in [3.05, 3.63) is 36.5 Å². The Bertz CT molecular complexity index is 922. The number of esters is 3. The monoisotopic (exact) mass is 759 g/mol. The second kappa shape index (κ2) is 43.4. The van der Waals surface area contributed by atoms with Crippen LogP contribution in [0.25, 0.3) is 0 Å². The summed E-state index contributed by atoms with van der Waals surface area (Å²) in [6.07, 6.45) is 48.7. The highest BCUT2D eigenvalue weighted by Gasteiger charge is 2.19. The lowest BCUT2D eigenvalue weighted by Gasteiger charge is -2.18. The second-order valence-electron chi connectivity index (χ2n) is 15.3. The van der Waals surface area contributed by atoms with Crippen LogP contribution in [0, 0.1) is 0 Å². The molecule has 0 aromatic heterocycles. The number of ether oxygens (including phenoxy) is 3.